The van der Waals surface area contributed by atoms with Crippen molar-refractivity contribution in [3.05, 3.63) is 0 Å². The Balaban J connectivity index is 2.31. The third kappa shape index (κ3) is 0.560. The van der Waals surface area contributed by atoms with Crippen molar-refractivity contribution in [1.82, 2.24) is 0 Å². The maximum atomic E-state index is 10.8. The first kappa shape index (κ1) is 5.15. The Kier molecular flexibility index (Phi) is 0.821. The molecule has 48 valence electrons. The highest BCUT2D eigenvalue weighted by molar-refractivity contribution is 6.07. The Bertz CT molecular complexity index is 165. The smallest absolute Gasteiger partial charge is 0.143 e. The van der Waals surface area contributed by atoms with E-state index in [1.807, 2.05) is 0 Å². The minimum atomic E-state index is -0.171. The van der Waals surface area contributed by atoms with Crippen LogP contribution in [0.1, 0.15) is 19.3 Å². The topological polar surface area (TPSA) is 34.1 Å². The van der Waals surface area contributed by atoms with Gasteiger partial charge in [0.1, 0.15) is 11.6 Å². The molecular weight excluding hydrogens is 116 g/mol. The van der Waals surface area contributed by atoms with Gasteiger partial charge in [-0.1, -0.05) is 0 Å². The third-order valence-electron chi connectivity index (χ3n) is 2.33. The highest BCUT2D eigenvalue weighted by Crippen LogP contribution is 2.39. The van der Waals surface area contributed by atoms with Crippen molar-refractivity contribution in [3.63, 3.8) is 0 Å². The number of Topliss-reactive ketones (excluding diaryl/α,β-unsaturated/α-hetero) is 2. The lowest BCUT2D eigenvalue weighted by molar-refractivity contribution is -0.131. The molecule has 2 rings (SSSR count). The standard InChI is InChI=1S/C7H8O2/c8-6-2-4-1-5(6)7(9)3-4/h4-5H,1-3H2. The van der Waals surface area contributed by atoms with Crippen molar-refractivity contribution < 1.29 is 9.59 Å². The van der Waals surface area contributed by atoms with Crippen molar-refractivity contribution in [3.8, 4) is 0 Å². The molecule has 0 aliphatic heterocycles. The summed E-state index contributed by atoms with van der Waals surface area (Å²) in [6.45, 7) is 0. The number of ketones is 2. The third-order valence-corrected chi connectivity index (χ3v) is 2.33. The highest BCUT2D eigenvalue weighted by atomic mass is 16.2. The fourth-order valence-corrected chi connectivity index (χ4v) is 1.87. The summed E-state index contributed by atoms with van der Waals surface area (Å²) in [4.78, 5) is 21.7. The number of carbonyl (C=O) groups excluding carboxylic acids is 2. The lowest BCUT2D eigenvalue weighted by Gasteiger charge is -2.04. The maximum absolute atomic E-state index is 10.8. The van der Waals surface area contributed by atoms with Gasteiger partial charge in [0.15, 0.2) is 0 Å². The maximum Gasteiger partial charge on any atom is 0.143 e. The Hall–Kier alpha value is -0.660. The van der Waals surface area contributed by atoms with E-state index in [-0.39, 0.29) is 17.5 Å². The van der Waals surface area contributed by atoms with Crippen LogP contribution in [0.4, 0.5) is 0 Å². The van der Waals surface area contributed by atoms with Crippen molar-refractivity contribution in [2.24, 2.45) is 11.8 Å². The molecule has 2 aliphatic carbocycles. The van der Waals surface area contributed by atoms with Crippen molar-refractivity contribution in [2.45, 2.75) is 19.3 Å². The zero-order valence-electron chi connectivity index (χ0n) is 5.09. The van der Waals surface area contributed by atoms with E-state index in [4.69, 9.17) is 0 Å². The van der Waals surface area contributed by atoms with Crippen molar-refractivity contribution >= 4 is 11.6 Å². The van der Waals surface area contributed by atoms with Crippen LogP contribution in [-0.2, 0) is 9.59 Å². The Morgan fingerprint density at radius 2 is 1.67 bits per heavy atom. The first-order chi connectivity index (χ1) is 4.27. The fraction of sp³-hybridized carbons (Fsp3) is 0.714. The van der Waals surface area contributed by atoms with Crippen LogP contribution in [0.5, 0.6) is 0 Å². The Labute approximate surface area is 53.2 Å². The molecule has 0 atom stereocenters. The minimum absolute atomic E-state index is 0.171. The summed E-state index contributed by atoms with van der Waals surface area (Å²) in [5.74, 6) is 0.637. The second kappa shape index (κ2) is 1.43. The van der Waals surface area contributed by atoms with Crippen LogP contribution in [-0.4, -0.2) is 11.6 Å². The van der Waals surface area contributed by atoms with Gasteiger partial charge in [0.25, 0.3) is 0 Å². The summed E-state index contributed by atoms with van der Waals surface area (Å²) in [5, 5.41) is 0. The molecule has 0 spiro atoms. The monoisotopic (exact) mass is 124 g/mol. The molecule has 0 amide bonds. The first-order valence-electron chi connectivity index (χ1n) is 3.33. The number of carbonyl (C=O) groups is 2. The SMILES string of the molecule is O=C1CC2CC(=O)C1C2. The quantitative estimate of drug-likeness (QED) is 0.442. The molecule has 2 nitrogen and oxygen atoms in total. The van der Waals surface area contributed by atoms with Gasteiger partial charge in [0, 0.05) is 12.8 Å². The summed E-state index contributed by atoms with van der Waals surface area (Å²) in [5.41, 5.74) is 0. The number of hydrogen-bond donors (Lipinski definition) is 0. The molecule has 2 bridgehead atoms. The molecule has 0 aromatic carbocycles. The van der Waals surface area contributed by atoms with E-state index in [1.54, 1.807) is 0 Å². The molecule has 0 N–H and O–H groups in total. The van der Waals surface area contributed by atoms with Gasteiger partial charge < -0.3 is 0 Å². The Morgan fingerprint density at radius 3 is 1.89 bits per heavy atom. The molecule has 0 heterocycles. The molecule has 0 radical (unpaired) electrons. The Morgan fingerprint density at radius 1 is 1.11 bits per heavy atom. The second-order valence-corrected chi connectivity index (χ2v) is 3.00. The van der Waals surface area contributed by atoms with Crippen LogP contribution >= 0.6 is 0 Å². The fourth-order valence-electron chi connectivity index (χ4n) is 1.87. The minimum Gasteiger partial charge on any atom is -0.299 e. The molecule has 0 aromatic rings. The summed E-state index contributed by atoms with van der Waals surface area (Å²) >= 11 is 0. The number of fused-ring (bicyclic) bond motifs is 2. The van der Waals surface area contributed by atoms with E-state index in [2.05, 4.69) is 0 Å². The molecule has 0 saturated heterocycles. The van der Waals surface area contributed by atoms with Gasteiger partial charge in [-0.15, -0.1) is 0 Å². The number of rotatable bonds is 0. The molecular formula is C7H8O2. The summed E-state index contributed by atoms with van der Waals surface area (Å²) in [6.07, 6.45) is 2.21. The van der Waals surface area contributed by atoms with Gasteiger partial charge in [0.05, 0.1) is 5.92 Å². The molecule has 2 heteroatoms. The van der Waals surface area contributed by atoms with Crippen LogP contribution in [0.3, 0.4) is 0 Å². The normalized spacial score (nSPS) is 40.4. The molecule has 9 heavy (non-hydrogen) atoms. The van der Waals surface area contributed by atoms with E-state index >= 15 is 0 Å². The first-order valence-corrected chi connectivity index (χ1v) is 3.33. The van der Waals surface area contributed by atoms with E-state index in [0.717, 1.165) is 6.42 Å². The lowest BCUT2D eigenvalue weighted by atomic mass is 9.98. The van der Waals surface area contributed by atoms with Gasteiger partial charge in [0.2, 0.25) is 0 Å². The van der Waals surface area contributed by atoms with E-state index in [1.165, 1.54) is 0 Å². The van der Waals surface area contributed by atoms with Crippen molar-refractivity contribution in [1.29, 1.82) is 0 Å². The summed E-state index contributed by atoms with van der Waals surface area (Å²) in [7, 11) is 0. The zero-order valence-corrected chi connectivity index (χ0v) is 5.09. The largest absolute Gasteiger partial charge is 0.299 e. The predicted molar refractivity (Wildman–Crippen MR) is 30.8 cm³/mol. The van der Waals surface area contributed by atoms with Gasteiger partial charge in [-0.25, -0.2) is 0 Å². The van der Waals surface area contributed by atoms with E-state index in [0.29, 0.717) is 18.8 Å². The predicted octanol–water partition coefficient (Wildman–Crippen LogP) is 0.554. The average Bonchev–Trinajstić information content (AvgIpc) is 2.22. The molecule has 0 unspecified atom stereocenters. The van der Waals surface area contributed by atoms with Crippen LogP contribution in [0.15, 0.2) is 0 Å². The van der Waals surface area contributed by atoms with Crippen LogP contribution in [0, 0.1) is 11.8 Å². The molecule has 0 aromatic heterocycles. The second-order valence-electron chi connectivity index (χ2n) is 3.00. The highest BCUT2D eigenvalue weighted by Gasteiger charge is 2.44. The van der Waals surface area contributed by atoms with Crippen LogP contribution in [0.2, 0.25) is 0 Å². The van der Waals surface area contributed by atoms with Crippen LogP contribution < -0.4 is 0 Å². The summed E-state index contributed by atoms with van der Waals surface area (Å²) < 4.78 is 0. The van der Waals surface area contributed by atoms with E-state index in [9.17, 15) is 9.59 Å². The number of hydrogen-bond acceptors (Lipinski definition) is 2. The van der Waals surface area contributed by atoms with Gasteiger partial charge in [-0.3, -0.25) is 9.59 Å². The van der Waals surface area contributed by atoms with Gasteiger partial charge >= 0.3 is 0 Å². The van der Waals surface area contributed by atoms with E-state index < -0.39 is 0 Å². The van der Waals surface area contributed by atoms with Gasteiger partial charge in [-0.05, 0) is 12.3 Å². The zero-order chi connectivity index (χ0) is 6.43. The molecule has 2 saturated carbocycles. The van der Waals surface area contributed by atoms with Crippen molar-refractivity contribution in [2.75, 3.05) is 0 Å². The van der Waals surface area contributed by atoms with Gasteiger partial charge in [-0.2, -0.15) is 0 Å². The lowest BCUT2D eigenvalue weighted by Crippen LogP contribution is -2.18. The molecule has 2 aliphatic rings. The summed E-state index contributed by atoms with van der Waals surface area (Å²) in [6, 6.07) is 0. The molecule has 2 fully saturated rings. The van der Waals surface area contributed by atoms with Crippen LogP contribution in [0.25, 0.3) is 0 Å². The average molecular weight is 124 g/mol.